The van der Waals surface area contributed by atoms with Crippen molar-refractivity contribution in [2.75, 3.05) is 5.43 Å². The van der Waals surface area contributed by atoms with Crippen LogP contribution >= 0.6 is 0 Å². The van der Waals surface area contributed by atoms with Gasteiger partial charge in [-0.25, -0.2) is 9.66 Å². The number of rotatable bonds is 5. The Balaban J connectivity index is 1.77. The molecule has 0 saturated heterocycles. The minimum absolute atomic E-state index is 0.0708. The zero-order valence-electron chi connectivity index (χ0n) is 15.1. The molecule has 1 heterocycles. The van der Waals surface area contributed by atoms with E-state index in [1.54, 1.807) is 23.1 Å². The summed E-state index contributed by atoms with van der Waals surface area (Å²) in [4.78, 5) is 29.5. The van der Waals surface area contributed by atoms with Crippen molar-refractivity contribution in [1.82, 2.24) is 15.0 Å². The highest BCUT2D eigenvalue weighted by Crippen LogP contribution is 2.12. The van der Waals surface area contributed by atoms with Gasteiger partial charge in [-0.1, -0.05) is 43.7 Å². The lowest BCUT2D eigenvalue weighted by atomic mass is 10.0. The predicted octanol–water partition coefficient (Wildman–Crippen LogP) is 2.87. The third-order valence-electron chi connectivity index (χ3n) is 4.20. The van der Waals surface area contributed by atoms with Crippen molar-refractivity contribution in [3.63, 3.8) is 0 Å². The van der Waals surface area contributed by atoms with Crippen LogP contribution in [-0.2, 0) is 4.79 Å². The predicted molar refractivity (Wildman–Crippen MR) is 101 cm³/mol. The number of aromatic nitrogens is 2. The van der Waals surface area contributed by atoms with E-state index in [1.807, 2.05) is 57.2 Å². The van der Waals surface area contributed by atoms with Crippen molar-refractivity contribution >= 4 is 22.8 Å². The summed E-state index contributed by atoms with van der Waals surface area (Å²) in [6.07, 6.45) is 1.56. The van der Waals surface area contributed by atoms with Crippen LogP contribution in [0.2, 0.25) is 0 Å². The van der Waals surface area contributed by atoms with Crippen LogP contribution in [-0.4, -0.2) is 27.5 Å². The first kappa shape index (κ1) is 17.7. The highest BCUT2D eigenvalue weighted by atomic mass is 16.2. The molecule has 0 unspecified atom stereocenters. The van der Waals surface area contributed by atoms with Gasteiger partial charge >= 0.3 is 0 Å². The normalized spacial score (nSPS) is 12.2. The first-order valence-corrected chi connectivity index (χ1v) is 8.56. The summed E-state index contributed by atoms with van der Waals surface area (Å²) < 4.78 is 1.58. The molecule has 134 valence electrons. The SMILES string of the molecule is Cc1cccc(C(=O)N[C@H](C(=O)Nn2cnc3ccccc32)C(C)C)c1. The van der Waals surface area contributed by atoms with Crippen LogP contribution in [0.25, 0.3) is 11.0 Å². The highest BCUT2D eigenvalue weighted by Gasteiger charge is 2.25. The monoisotopic (exact) mass is 350 g/mol. The Morgan fingerprint density at radius 1 is 1.08 bits per heavy atom. The Kier molecular flexibility index (Phi) is 5.02. The Labute approximate surface area is 152 Å². The van der Waals surface area contributed by atoms with Crippen LogP contribution < -0.4 is 10.7 Å². The summed E-state index contributed by atoms with van der Waals surface area (Å²) in [5.41, 5.74) is 5.94. The van der Waals surface area contributed by atoms with Crippen molar-refractivity contribution in [1.29, 1.82) is 0 Å². The number of hydrogen-bond acceptors (Lipinski definition) is 3. The molecule has 0 aliphatic rings. The number of carbonyl (C=O) groups excluding carboxylic acids is 2. The first-order chi connectivity index (χ1) is 12.5. The van der Waals surface area contributed by atoms with Crippen molar-refractivity contribution in [3.8, 4) is 0 Å². The van der Waals surface area contributed by atoms with Crippen molar-refractivity contribution < 1.29 is 9.59 Å². The smallest absolute Gasteiger partial charge is 0.261 e. The molecule has 0 bridgehead atoms. The third kappa shape index (κ3) is 3.74. The van der Waals surface area contributed by atoms with E-state index >= 15 is 0 Å². The fourth-order valence-corrected chi connectivity index (χ4v) is 2.78. The largest absolute Gasteiger partial charge is 0.340 e. The number of nitrogens with zero attached hydrogens (tertiary/aromatic N) is 2. The fraction of sp³-hybridized carbons (Fsp3) is 0.250. The Morgan fingerprint density at radius 2 is 1.85 bits per heavy atom. The van der Waals surface area contributed by atoms with Crippen LogP contribution in [0.5, 0.6) is 0 Å². The van der Waals surface area contributed by atoms with E-state index < -0.39 is 6.04 Å². The molecule has 1 atom stereocenters. The van der Waals surface area contributed by atoms with Crippen LogP contribution in [0.3, 0.4) is 0 Å². The van der Waals surface area contributed by atoms with E-state index in [4.69, 9.17) is 0 Å². The van der Waals surface area contributed by atoms with Gasteiger partial charge in [0, 0.05) is 5.56 Å². The third-order valence-corrected chi connectivity index (χ3v) is 4.20. The van der Waals surface area contributed by atoms with Crippen molar-refractivity contribution in [2.24, 2.45) is 5.92 Å². The minimum Gasteiger partial charge on any atom is -0.340 e. The van der Waals surface area contributed by atoms with E-state index in [1.165, 1.54) is 0 Å². The molecule has 3 aromatic rings. The van der Waals surface area contributed by atoms with E-state index in [9.17, 15) is 9.59 Å². The molecule has 6 nitrogen and oxygen atoms in total. The quantitative estimate of drug-likeness (QED) is 0.743. The number of nitrogens with one attached hydrogen (secondary N) is 2. The molecule has 2 amide bonds. The van der Waals surface area contributed by atoms with Crippen LogP contribution in [0, 0.1) is 12.8 Å². The second-order valence-corrected chi connectivity index (χ2v) is 6.64. The Morgan fingerprint density at radius 3 is 2.58 bits per heavy atom. The highest BCUT2D eigenvalue weighted by molar-refractivity contribution is 5.99. The summed E-state index contributed by atoms with van der Waals surface area (Å²) in [5, 5.41) is 2.84. The van der Waals surface area contributed by atoms with Crippen LogP contribution in [0.15, 0.2) is 54.9 Å². The van der Waals surface area contributed by atoms with Gasteiger partial charge in [-0.2, -0.15) is 0 Å². The van der Waals surface area contributed by atoms with E-state index in [0.29, 0.717) is 5.56 Å². The standard InChI is InChI=1S/C20H22N4O2/c1-13(2)18(22-19(25)15-8-6-7-14(3)11-15)20(26)23-24-12-21-16-9-4-5-10-17(16)24/h4-13,18H,1-3H3,(H,22,25)(H,23,26)/t18-/m0/s1. The lowest BCUT2D eigenvalue weighted by Gasteiger charge is -2.22. The number of hydrogen-bond donors (Lipinski definition) is 2. The molecular formula is C20H22N4O2. The maximum absolute atomic E-state index is 12.8. The molecule has 0 radical (unpaired) electrons. The van der Waals surface area contributed by atoms with Crippen LogP contribution in [0.1, 0.15) is 29.8 Å². The second-order valence-electron chi connectivity index (χ2n) is 6.64. The van der Waals surface area contributed by atoms with Gasteiger partial charge in [0.2, 0.25) is 0 Å². The Bertz CT molecular complexity index is 946. The van der Waals surface area contributed by atoms with Gasteiger partial charge in [-0.3, -0.25) is 15.0 Å². The molecule has 2 N–H and O–H groups in total. The number of fused-ring (bicyclic) bond motifs is 1. The van der Waals surface area contributed by atoms with Crippen molar-refractivity contribution in [3.05, 3.63) is 66.0 Å². The summed E-state index contributed by atoms with van der Waals surface area (Å²) in [6.45, 7) is 5.72. The molecule has 26 heavy (non-hydrogen) atoms. The zero-order valence-corrected chi connectivity index (χ0v) is 15.1. The molecule has 0 saturated carbocycles. The average molecular weight is 350 g/mol. The molecular weight excluding hydrogens is 328 g/mol. The second kappa shape index (κ2) is 7.39. The maximum Gasteiger partial charge on any atom is 0.261 e. The van der Waals surface area contributed by atoms with Crippen LogP contribution in [0.4, 0.5) is 0 Å². The van der Waals surface area contributed by atoms with Crippen molar-refractivity contribution in [2.45, 2.75) is 26.8 Å². The molecule has 2 aromatic carbocycles. The summed E-state index contributed by atoms with van der Waals surface area (Å²) in [6, 6.07) is 14.1. The number of para-hydroxylation sites is 2. The van der Waals surface area contributed by atoms with Gasteiger partial charge < -0.3 is 5.32 Å². The fourth-order valence-electron chi connectivity index (χ4n) is 2.78. The zero-order chi connectivity index (χ0) is 18.7. The van der Waals surface area contributed by atoms with Gasteiger partial charge in [0.05, 0.1) is 11.0 Å². The first-order valence-electron chi connectivity index (χ1n) is 8.56. The lowest BCUT2D eigenvalue weighted by Crippen LogP contribution is -2.48. The number of carbonyl (C=O) groups is 2. The minimum atomic E-state index is -0.663. The molecule has 0 aliphatic carbocycles. The maximum atomic E-state index is 12.8. The average Bonchev–Trinajstić information content (AvgIpc) is 3.02. The molecule has 0 fully saturated rings. The summed E-state index contributed by atoms with van der Waals surface area (Å²) in [5.74, 6) is -0.624. The number of amides is 2. The van der Waals surface area contributed by atoms with Gasteiger partial charge in [0.1, 0.15) is 12.4 Å². The number of benzene rings is 2. The molecule has 0 spiro atoms. The molecule has 1 aromatic heterocycles. The number of aryl methyl sites for hydroxylation is 1. The van der Waals surface area contributed by atoms with Gasteiger partial charge in [-0.05, 0) is 37.1 Å². The van der Waals surface area contributed by atoms with E-state index in [2.05, 4.69) is 15.7 Å². The van der Waals surface area contributed by atoms with E-state index in [-0.39, 0.29) is 17.7 Å². The van der Waals surface area contributed by atoms with Gasteiger partial charge in [0.15, 0.2) is 0 Å². The molecule has 3 rings (SSSR count). The molecule has 6 heteroatoms. The Hall–Kier alpha value is -3.15. The van der Waals surface area contributed by atoms with E-state index in [0.717, 1.165) is 16.6 Å². The molecule has 0 aliphatic heterocycles. The topological polar surface area (TPSA) is 76.0 Å². The lowest BCUT2D eigenvalue weighted by molar-refractivity contribution is -0.119. The van der Waals surface area contributed by atoms with Gasteiger partial charge in [-0.15, -0.1) is 0 Å². The summed E-state index contributed by atoms with van der Waals surface area (Å²) >= 11 is 0. The number of imidazole rings is 1. The summed E-state index contributed by atoms with van der Waals surface area (Å²) in [7, 11) is 0. The van der Waals surface area contributed by atoms with Gasteiger partial charge in [0.25, 0.3) is 11.8 Å².